The Bertz CT molecular complexity index is 376. The van der Waals surface area contributed by atoms with Gasteiger partial charge in [-0.1, -0.05) is 30.3 Å². The fourth-order valence-corrected chi connectivity index (χ4v) is 2.15. The Morgan fingerprint density at radius 1 is 1.06 bits per heavy atom. The van der Waals surface area contributed by atoms with Gasteiger partial charge in [0.15, 0.2) is 8.24 Å². The molecule has 0 N–H and O–H groups in total. The average molecular weight is 245 g/mol. The molecule has 5 heteroatoms. The molecule has 0 aliphatic carbocycles. The fraction of sp³-hybridized carbons (Fsp3) is 0.364. The van der Waals surface area contributed by atoms with Gasteiger partial charge in [0.1, 0.15) is 5.71 Å². The van der Waals surface area contributed by atoms with Crippen molar-refractivity contribution >= 4 is 13.9 Å². The molecule has 0 aromatic heterocycles. The Labute approximate surface area is 94.1 Å². The lowest BCUT2D eigenvalue weighted by molar-refractivity contribution is -0.0579. The molecule has 16 heavy (non-hydrogen) atoms. The van der Waals surface area contributed by atoms with Gasteiger partial charge in [-0.3, -0.25) is 0 Å². The SMILES string of the molecule is C[Si](C)(C)/N=C(\c1ccccc1)C(F)(F)F. The highest BCUT2D eigenvalue weighted by molar-refractivity contribution is 6.75. The monoisotopic (exact) mass is 245 g/mol. The molecule has 0 aliphatic rings. The molecule has 0 atom stereocenters. The number of hydrogen-bond acceptors (Lipinski definition) is 1. The molecule has 1 aromatic carbocycles. The van der Waals surface area contributed by atoms with Crippen molar-refractivity contribution in [3.63, 3.8) is 0 Å². The molecule has 0 spiro atoms. The number of benzene rings is 1. The van der Waals surface area contributed by atoms with E-state index < -0.39 is 20.1 Å². The summed E-state index contributed by atoms with van der Waals surface area (Å²) in [5.74, 6) is 0. The first kappa shape index (κ1) is 13.0. The van der Waals surface area contributed by atoms with E-state index in [0.717, 1.165) is 0 Å². The van der Waals surface area contributed by atoms with Crippen molar-refractivity contribution in [2.45, 2.75) is 25.8 Å². The van der Waals surface area contributed by atoms with E-state index in [0.29, 0.717) is 0 Å². The second-order valence-electron chi connectivity index (χ2n) is 4.50. The third-order valence-corrected chi connectivity index (χ3v) is 2.66. The van der Waals surface area contributed by atoms with Crippen LogP contribution in [0, 0.1) is 0 Å². The highest BCUT2D eigenvalue weighted by atomic mass is 28.3. The van der Waals surface area contributed by atoms with Gasteiger partial charge < -0.3 is 4.66 Å². The second-order valence-corrected chi connectivity index (χ2v) is 9.06. The molecule has 0 aliphatic heterocycles. The molecule has 0 fully saturated rings. The van der Waals surface area contributed by atoms with E-state index in [1.807, 2.05) is 0 Å². The summed E-state index contributed by atoms with van der Waals surface area (Å²) >= 11 is 0. The van der Waals surface area contributed by atoms with Crippen molar-refractivity contribution in [2.24, 2.45) is 4.66 Å². The van der Waals surface area contributed by atoms with Gasteiger partial charge in [-0.25, -0.2) is 0 Å². The maximum atomic E-state index is 12.8. The molecule has 0 bridgehead atoms. The lowest BCUT2D eigenvalue weighted by Crippen LogP contribution is -2.30. The van der Waals surface area contributed by atoms with E-state index in [9.17, 15) is 13.2 Å². The van der Waals surface area contributed by atoms with Crippen molar-refractivity contribution in [3.8, 4) is 0 Å². The predicted molar refractivity (Wildman–Crippen MR) is 62.4 cm³/mol. The fourth-order valence-electron chi connectivity index (χ4n) is 1.22. The van der Waals surface area contributed by atoms with E-state index in [1.54, 1.807) is 37.8 Å². The highest BCUT2D eigenvalue weighted by Crippen LogP contribution is 2.24. The minimum Gasteiger partial charge on any atom is -0.317 e. The van der Waals surface area contributed by atoms with E-state index >= 15 is 0 Å². The summed E-state index contributed by atoms with van der Waals surface area (Å²) in [4.78, 5) is 0. The predicted octanol–water partition coefficient (Wildman–Crippen LogP) is 3.87. The van der Waals surface area contributed by atoms with Gasteiger partial charge in [0.2, 0.25) is 0 Å². The number of nitrogens with zero attached hydrogens (tertiary/aromatic N) is 1. The Morgan fingerprint density at radius 2 is 1.56 bits per heavy atom. The summed E-state index contributed by atoms with van der Waals surface area (Å²) < 4.78 is 42.4. The first-order valence-corrected chi connectivity index (χ1v) is 8.37. The van der Waals surface area contributed by atoms with Gasteiger partial charge >= 0.3 is 6.18 Å². The normalized spacial score (nSPS) is 14.0. The van der Waals surface area contributed by atoms with Crippen LogP contribution in [-0.2, 0) is 0 Å². The summed E-state index contributed by atoms with van der Waals surface area (Å²) in [7, 11) is -2.14. The molecular formula is C11H14F3NSi. The Kier molecular flexibility index (Phi) is 3.57. The molecule has 1 aromatic rings. The third-order valence-electron chi connectivity index (χ3n) is 1.76. The van der Waals surface area contributed by atoms with Crippen LogP contribution in [0.25, 0.3) is 0 Å². The molecule has 88 valence electrons. The Morgan fingerprint density at radius 3 is 1.94 bits per heavy atom. The quantitative estimate of drug-likeness (QED) is 0.554. The standard InChI is InChI=1S/C11H14F3NSi/c1-16(2,3)15-10(11(12,13)14)9-7-5-4-6-8-9/h4-8H,1-3H3/b15-10+. The summed E-state index contributed by atoms with van der Waals surface area (Å²) in [6.07, 6.45) is -4.39. The van der Waals surface area contributed by atoms with Crippen molar-refractivity contribution in [2.75, 3.05) is 0 Å². The van der Waals surface area contributed by atoms with Gasteiger partial charge in [0, 0.05) is 5.56 Å². The van der Waals surface area contributed by atoms with Crippen molar-refractivity contribution in [1.29, 1.82) is 0 Å². The smallest absolute Gasteiger partial charge is 0.317 e. The number of halogens is 3. The van der Waals surface area contributed by atoms with E-state index in [2.05, 4.69) is 4.66 Å². The van der Waals surface area contributed by atoms with E-state index in [1.165, 1.54) is 12.1 Å². The molecule has 0 saturated heterocycles. The first-order chi connectivity index (χ1) is 7.20. The van der Waals surface area contributed by atoms with Gasteiger partial charge in [0.05, 0.1) is 0 Å². The van der Waals surface area contributed by atoms with Crippen LogP contribution in [0.3, 0.4) is 0 Å². The maximum absolute atomic E-state index is 12.8. The minimum absolute atomic E-state index is 0.137. The van der Waals surface area contributed by atoms with Crippen LogP contribution in [0.5, 0.6) is 0 Å². The van der Waals surface area contributed by atoms with Crippen molar-refractivity contribution in [3.05, 3.63) is 35.9 Å². The van der Waals surface area contributed by atoms with E-state index in [-0.39, 0.29) is 5.56 Å². The van der Waals surface area contributed by atoms with E-state index in [4.69, 9.17) is 0 Å². The van der Waals surface area contributed by atoms with Crippen LogP contribution >= 0.6 is 0 Å². The molecule has 0 amide bonds. The van der Waals surface area contributed by atoms with Crippen LogP contribution in [0.4, 0.5) is 13.2 Å². The van der Waals surface area contributed by atoms with Crippen LogP contribution in [0.1, 0.15) is 5.56 Å². The zero-order valence-corrected chi connectivity index (χ0v) is 10.5. The molecular weight excluding hydrogens is 231 g/mol. The lowest BCUT2D eigenvalue weighted by Gasteiger charge is -2.16. The molecule has 0 radical (unpaired) electrons. The third kappa shape index (κ3) is 3.81. The molecule has 0 heterocycles. The molecule has 0 unspecified atom stereocenters. The highest BCUT2D eigenvalue weighted by Gasteiger charge is 2.37. The maximum Gasteiger partial charge on any atom is 0.432 e. The van der Waals surface area contributed by atoms with Crippen LogP contribution in [0.2, 0.25) is 19.6 Å². The number of rotatable bonds is 2. The van der Waals surface area contributed by atoms with Crippen molar-refractivity contribution < 1.29 is 13.2 Å². The summed E-state index contributed by atoms with van der Waals surface area (Å²) in [6.45, 7) is 5.34. The molecule has 0 saturated carbocycles. The summed E-state index contributed by atoms with van der Waals surface area (Å²) in [6, 6.07) is 7.73. The van der Waals surface area contributed by atoms with Crippen molar-refractivity contribution in [1.82, 2.24) is 0 Å². The van der Waals surface area contributed by atoms with Crippen LogP contribution in [-0.4, -0.2) is 20.1 Å². The summed E-state index contributed by atoms with van der Waals surface area (Å²) in [5, 5.41) is 0. The van der Waals surface area contributed by atoms with Gasteiger partial charge in [-0.15, -0.1) is 0 Å². The van der Waals surface area contributed by atoms with Gasteiger partial charge in [0.25, 0.3) is 0 Å². The zero-order chi connectivity index (χ0) is 12.4. The minimum atomic E-state index is -4.39. The van der Waals surface area contributed by atoms with Gasteiger partial charge in [-0.2, -0.15) is 13.2 Å². The largest absolute Gasteiger partial charge is 0.432 e. The Hall–Kier alpha value is -1.10. The Balaban J connectivity index is 3.24. The molecule has 1 nitrogen and oxygen atoms in total. The second kappa shape index (κ2) is 4.41. The first-order valence-electron chi connectivity index (χ1n) is 4.92. The number of hydrogen-bond donors (Lipinski definition) is 0. The van der Waals surface area contributed by atoms with Crippen LogP contribution in [0.15, 0.2) is 35.0 Å². The lowest BCUT2D eigenvalue weighted by atomic mass is 10.1. The average Bonchev–Trinajstić information content (AvgIpc) is 2.13. The molecule has 1 rings (SSSR count). The summed E-state index contributed by atoms with van der Waals surface area (Å²) in [5.41, 5.74) is -0.621. The van der Waals surface area contributed by atoms with Crippen LogP contribution < -0.4 is 0 Å². The topological polar surface area (TPSA) is 12.4 Å². The zero-order valence-electron chi connectivity index (χ0n) is 9.47. The number of alkyl halides is 3. The van der Waals surface area contributed by atoms with Gasteiger partial charge in [-0.05, 0) is 19.6 Å².